The highest BCUT2D eigenvalue weighted by molar-refractivity contribution is 5.62. The van der Waals surface area contributed by atoms with Crippen LogP contribution in [0.15, 0.2) is 30.8 Å². The van der Waals surface area contributed by atoms with Gasteiger partial charge in [0.1, 0.15) is 0 Å². The van der Waals surface area contributed by atoms with Crippen LogP contribution in [-0.4, -0.2) is 29.7 Å². The quantitative estimate of drug-likeness (QED) is 0.846. The maximum absolute atomic E-state index is 9.05. The van der Waals surface area contributed by atoms with Gasteiger partial charge < -0.3 is 10.0 Å². The maximum Gasteiger partial charge on any atom is 0.0606 e. The van der Waals surface area contributed by atoms with Crippen LogP contribution in [0, 0.1) is 5.41 Å². The van der Waals surface area contributed by atoms with E-state index >= 15 is 0 Å². The summed E-state index contributed by atoms with van der Waals surface area (Å²) >= 11 is 0. The molecule has 0 saturated heterocycles. The Kier molecular flexibility index (Phi) is 5.61. The standard InChI is InChI=1S/C17H27NO/c1-6-18(11-12-19)14(2)16-9-7-15(8-10-16)13-17(3,4)5/h7-10,19H,2,6,11-13H2,1,3-5H3. The fraction of sp³-hybridized carbons (Fsp3) is 0.529. The van der Waals surface area contributed by atoms with Gasteiger partial charge in [-0.2, -0.15) is 0 Å². The molecule has 2 nitrogen and oxygen atoms in total. The summed E-state index contributed by atoms with van der Waals surface area (Å²) in [5.74, 6) is 0. The lowest BCUT2D eigenvalue weighted by atomic mass is 9.88. The molecule has 106 valence electrons. The molecule has 0 aliphatic rings. The summed E-state index contributed by atoms with van der Waals surface area (Å²) in [7, 11) is 0. The minimum atomic E-state index is 0.162. The van der Waals surface area contributed by atoms with Crippen LogP contribution in [0.3, 0.4) is 0 Å². The van der Waals surface area contributed by atoms with E-state index in [0.29, 0.717) is 12.0 Å². The predicted molar refractivity (Wildman–Crippen MR) is 83.0 cm³/mol. The van der Waals surface area contributed by atoms with Gasteiger partial charge in [0.25, 0.3) is 0 Å². The topological polar surface area (TPSA) is 23.5 Å². The summed E-state index contributed by atoms with van der Waals surface area (Å²) in [6.45, 7) is 14.6. The van der Waals surface area contributed by atoms with Gasteiger partial charge in [0.05, 0.1) is 6.61 Å². The molecule has 0 bridgehead atoms. The van der Waals surface area contributed by atoms with Gasteiger partial charge in [-0.25, -0.2) is 0 Å². The second kappa shape index (κ2) is 6.76. The van der Waals surface area contributed by atoms with Crippen molar-refractivity contribution >= 4 is 5.70 Å². The van der Waals surface area contributed by atoms with Crippen LogP contribution in [-0.2, 0) is 6.42 Å². The summed E-state index contributed by atoms with van der Waals surface area (Å²) in [6, 6.07) is 8.62. The van der Waals surface area contributed by atoms with E-state index in [1.54, 1.807) is 0 Å². The molecule has 1 N–H and O–H groups in total. The van der Waals surface area contributed by atoms with Crippen LogP contribution >= 0.6 is 0 Å². The lowest BCUT2D eigenvalue weighted by molar-refractivity contribution is 0.247. The monoisotopic (exact) mass is 261 g/mol. The number of rotatable bonds is 6. The molecule has 0 aromatic heterocycles. The average Bonchev–Trinajstić information content (AvgIpc) is 2.34. The summed E-state index contributed by atoms with van der Waals surface area (Å²) in [5.41, 5.74) is 3.78. The van der Waals surface area contributed by atoms with Crippen molar-refractivity contribution in [3.63, 3.8) is 0 Å². The molecule has 2 heteroatoms. The van der Waals surface area contributed by atoms with Crippen molar-refractivity contribution in [1.82, 2.24) is 4.90 Å². The number of hydrogen-bond acceptors (Lipinski definition) is 2. The highest BCUT2D eigenvalue weighted by Gasteiger charge is 2.12. The first-order valence-corrected chi connectivity index (χ1v) is 7.01. The molecule has 0 aliphatic carbocycles. The van der Waals surface area contributed by atoms with Crippen molar-refractivity contribution in [3.05, 3.63) is 42.0 Å². The van der Waals surface area contributed by atoms with Crippen LogP contribution < -0.4 is 0 Å². The highest BCUT2D eigenvalue weighted by atomic mass is 16.3. The molecule has 0 heterocycles. The number of aliphatic hydroxyl groups excluding tert-OH is 1. The molecule has 0 radical (unpaired) electrons. The third kappa shape index (κ3) is 5.07. The van der Waals surface area contributed by atoms with E-state index in [1.165, 1.54) is 5.56 Å². The Bertz CT molecular complexity index is 400. The van der Waals surface area contributed by atoms with E-state index in [1.807, 2.05) is 0 Å². The Morgan fingerprint density at radius 1 is 1.21 bits per heavy atom. The van der Waals surface area contributed by atoms with Crippen molar-refractivity contribution in [1.29, 1.82) is 0 Å². The molecule has 0 unspecified atom stereocenters. The Labute approximate surface area is 117 Å². The van der Waals surface area contributed by atoms with Gasteiger partial charge in [0.15, 0.2) is 0 Å². The SMILES string of the molecule is C=C(c1ccc(CC(C)(C)C)cc1)N(CC)CCO. The fourth-order valence-corrected chi connectivity index (χ4v) is 2.21. The number of hydrogen-bond donors (Lipinski definition) is 1. The summed E-state index contributed by atoms with van der Waals surface area (Å²) in [4.78, 5) is 2.10. The van der Waals surface area contributed by atoms with E-state index < -0.39 is 0 Å². The highest BCUT2D eigenvalue weighted by Crippen LogP contribution is 2.23. The first-order chi connectivity index (χ1) is 8.87. The zero-order valence-electron chi connectivity index (χ0n) is 12.7. The van der Waals surface area contributed by atoms with E-state index in [4.69, 9.17) is 5.11 Å². The first-order valence-electron chi connectivity index (χ1n) is 7.01. The number of benzene rings is 1. The van der Waals surface area contributed by atoms with Crippen molar-refractivity contribution in [2.75, 3.05) is 19.7 Å². The molecule has 0 spiro atoms. The van der Waals surface area contributed by atoms with Gasteiger partial charge in [0.2, 0.25) is 0 Å². The normalized spacial score (nSPS) is 11.4. The Morgan fingerprint density at radius 2 is 1.79 bits per heavy atom. The van der Waals surface area contributed by atoms with Gasteiger partial charge in [-0.15, -0.1) is 0 Å². The molecule has 19 heavy (non-hydrogen) atoms. The fourth-order valence-electron chi connectivity index (χ4n) is 2.21. The summed E-state index contributed by atoms with van der Waals surface area (Å²) < 4.78 is 0. The third-order valence-electron chi connectivity index (χ3n) is 3.15. The Hall–Kier alpha value is -1.28. The number of aliphatic hydroxyl groups is 1. The molecule has 0 aliphatic heterocycles. The summed E-state index contributed by atoms with van der Waals surface area (Å²) in [5, 5.41) is 9.05. The Balaban J connectivity index is 2.78. The molecular formula is C17H27NO. The van der Waals surface area contributed by atoms with Crippen LogP contribution in [0.25, 0.3) is 5.70 Å². The average molecular weight is 261 g/mol. The molecule has 0 atom stereocenters. The smallest absolute Gasteiger partial charge is 0.0606 e. The Morgan fingerprint density at radius 3 is 2.21 bits per heavy atom. The van der Waals surface area contributed by atoms with Gasteiger partial charge in [-0.05, 0) is 29.9 Å². The first kappa shape index (κ1) is 15.8. The molecule has 1 aromatic rings. The van der Waals surface area contributed by atoms with Crippen molar-refractivity contribution in [3.8, 4) is 0 Å². The van der Waals surface area contributed by atoms with Crippen molar-refractivity contribution < 1.29 is 5.11 Å². The number of likely N-dealkylation sites (N-methyl/N-ethyl adjacent to an activating group) is 1. The summed E-state index contributed by atoms with van der Waals surface area (Å²) in [6.07, 6.45) is 1.08. The van der Waals surface area contributed by atoms with Gasteiger partial charge in [-0.3, -0.25) is 0 Å². The molecule has 0 fully saturated rings. The van der Waals surface area contributed by atoms with Gasteiger partial charge in [0, 0.05) is 18.8 Å². The maximum atomic E-state index is 9.05. The molecular weight excluding hydrogens is 234 g/mol. The second-order valence-corrected chi connectivity index (χ2v) is 6.18. The minimum Gasteiger partial charge on any atom is -0.395 e. The van der Waals surface area contributed by atoms with E-state index in [2.05, 4.69) is 63.4 Å². The van der Waals surface area contributed by atoms with Crippen LogP contribution in [0.4, 0.5) is 0 Å². The zero-order valence-corrected chi connectivity index (χ0v) is 12.7. The van der Waals surface area contributed by atoms with E-state index in [9.17, 15) is 0 Å². The third-order valence-corrected chi connectivity index (χ3v) is 3.15. The van der Waals surface area contributed by atoms with Gasteiger partial charge in [-0.1, -0.05) is 51.6 Å². The minimum absolute atomic E-state index is 0.162. The molecule has 1 rings (SSSR count). The largest absolute Gasteiger partial charge is 0.395 e. The molecule has 0 saturated carbocycles. The van der Waals surface area contributed by atoms with Crippen LogP contribution in [0.5, 0.6) is 0 Å². The lowest BCUT2D eigenvalue weighted by Gasteiger charge is -2.25. The second-order valence-electron chi connectivity index (χ2n) is 6.18. The van der Waals surface area contributed by atoms with E-state index in [0.717, 1.165) is 24.2 Å². The van der Waals surface area contributed by atoms with Crippen molar-refractivity contribution in [2.45, 2.75) is 34.1 Å². The lowest BCUT2D eigenvalue weighted by Crippen LogP contribution is -2.24. The molecule has 0 amide bonds. The van der Waals surface area contributed by atoms with E-state index in [-0.39, 0.29) is 6.61 Å². The number of nitrogens with zero attached hydrogens (tertiary/aromatic N) is 1. The predicted octanol–water partition coefficient (Wildman–Crippen LogP) is 3.56. The van der Waals surface area contributed by atoms with Crippen molar-refractivity contribution in [2.24, 2.45) is 5.41 Å². The van der Waals surface area contributed by atoms with Crippen LogP contribution in [0.2, 0.25) is 0 Å². The zero-order chi connectivity index (χ0) is 14.5. The van der Waals surface area contributed by atoms with Crippen LogP contribution in [0.1, 0.15) is 38.8 Å². The van der Waals surface area contributed by atoms with Gasteiger partial charge >= 0.3 is 0 Å². The molecule has 1 aromatic carbocycles.